The second-order valence-corrected chi connectivity index (χ2v) is 5.18. The van der Waals surface area contributed by atoms with Crippen molar-refractivity contribution in [3.05, 3.63) is 0 Å². The Morgan fingerprint density at radius 1 is 1.35 bits per heavy atom. The zero-order valence-electron chi connectivity index (χ0n) is 11.1. The predicted molar refractivity (Wildman–Crippen MR) is 67.1 cm³/mol. The van der Waals surface area contributed by atoms with Gasteiger partial charge in [0.2, 0.25) is 0 Å². The molecule has 0 saturated carbocycles. The maximum atomic E-state index is 12.6. The van der Waals surface area contributed by atoms with Gasteiger partial charge in [-0.15, -0.1) is 0 Å². The van der Waals surface area contributed by atoms with E-state index in [-0.39, 0.29) is 18.7 Å². The first-order valence-electron chi connectivity index (χ1n) is 6.73. The molecule has 0 unspecified atom stereocenters. The van der Waals surface area contributed by atoms with E-state index >= 15 is 0 Å². The Morgan fingerprint density at radius 2 is 2.10 bits per heavy atom. The van der Waals surface area contributed by atoms with Gasteiger partial charge in [-0.05, 0) is 32.2 Å². The highest BCUT2D eigenvalue weighted by Crippen LogP contribution is 2.31. The Labute approximate surface area is 116 Å². The quantitative estimate of drug-likeness (QED) is 0.465. The molecular weight excluding hydrogens is 266 g/mol. The fraction of sp³-hybridized carbons (Fsp3) is 0.750. The largest absolute Gasteiger partial charge is 0.480 e. The summed E-state index contributed by atoms with van der Waals surface area (Å²) in [5.74, 6) is -2.31. The van der Waals surface area contributed by atoms with Gasteiger partial charge < -0.3 is 20.9 Å². The van der Waals surface area contributed by atoms with Gasteiger partial charge >= 0.3 is 5.97 Å². The molecule has 2 heterocycles. The van der Waals surface area contributed by atoms with Crippen LogP contribution in [0, 0.1) is 0 Å². The van der Waals surface area contributed by atoms with Crippen LogP contribution in [0.25, 0.3) is 0 Å². The minimum Gasteiger partial charge on any atom is -0.480 e. The molecule has 20 heavy (non-hydrogen) atoms. The van der Waals surface area contributed by atoms with Crippen molar-refractivity contribution in [2.24, 2.45) is 0 Å². The number of carboxylic acids is 1. The number of nitrogens with zero attached hydrogens (tertiary/aromatic N) is 1. The Balaban J connectivity index is 2.19. The van der Waals surface area contributed by atoms with E-state index in [4.69, 9.17) is 5.11 Å². The minimum atomic E-state index is -1.66. The molecule has 2 atom stereocenters. The van der Waals surface area contributed by atoms with Crippen molar-refractivity contribution in [1.29, 1.82) is 0 Å². The molecular formula is C12H19N3O5. The summed E-state index contributed by atoms with van der Waals surface area (Å²) in [5.41, 5.74) is -1.66. The number of carbonyl (C=O) groups excluding carboxylic acids is 2. The van der Waals surface area contributed by atoms with Crippen LogP contribution in [0.15, 0.2) is 0 Å². The van der Waals surface area contributed by atoms with Crippen LogP contribution in [-0.2, 0) is 14.4 Å². The Bertz CT molecular complexity index is 421. The van der Waals surface area contributed by atoms with E-state index in [0.717, 1.165) is 11.5 Å². The third-order valence-electron chi connectivity index (χ3n) is 3.91. The molecule has 0 bridgehead atoms. The summed E-state index contributed by atoms with van der Waals surface area (Å²) in [6, 6.07) is -0.460. The Kier molecular flexibility index (Phi) is 4.36. The molecule has 0 aromatic rings. The molecule has 112 valence electrons. The third kappa shape index (κ3) is 2.54. The van der Waals surface area contributed by atoms with Gasteiger partial charge in [-0.2, -0.15) is 5.06 Å². The summed E-state index contributed by atoms with van der Waals surface area (Å²) < 4.78 is 0. The highest BCUT2D eigenvalue weighted by Gasteiger charge is 2.55. The first-order valence-corrected chi connectivity index (χ1v) is 6.73. The summed E-state index contributed by atoms with van der Waals surface area (Å²) in [6.07, 6.45) is 2.18. The first-order chi connectivity index (χ1) is 9.48. The zero-order chi connectivity index (χ0) is 14.8. The third-order valence-corrected chi connectivity index (χ3v) is 3.91. The fourth-order valence-corrected chi connectivity index (χ4v) is 2.90. The van der Waals surface area contributed by atoms with Crippen LogP contribution in [0.3, 0.4) is 0 Å². The van der Waals surface area contributed by atoms with E-state index < -0.39 is 30.0 Å². The average Bonchev–Trinajstić information content (AvgIpc) is 3.05. The maximum Gasteiger partial charge on any atom is 0.322 e. The van der Waals surface area contributed by atoms with Crippen molar-refractivity contribution < 1.29 is 24.7 Å². The van der Waals surface area contributed by atoms with Crippen molar-refractivity contribution >= 4 is 17.7 Å². The zero-order valence-corrected chi connectivity index (χ0v) is 11.1. The average molecular weight is 285 g/mol. The van der Waals surface area contributed by atoms with Crippen LogP contribution in [-0.4, -0.2) is 64.3 Å². The Morgan fingerprint density at radius 3 is 2.60 bits per heavy atom. The normalized spacial score (nSPS) is 30.4. The molecule has 2 fully saturated rings. The standard InChI is InChI=1S/C12H19N3O5/c16-9(17)7-14-11(19)12(4-2-6-15(12)20)10(18)8-3-1-5-13-8/h8,13,20H,1-7H2,(H,14,19)(H,16,17)/t8-,12+/m0/s1. The highest BCUT2D eigenvalue weighted by molar-refractivity contribution is 6.13. The summed E-state index contributed by atoms with van der Waals surface area (Å²) >= 11 is 0. The van der Waals surface area contributed by atoms with Crippen LogP contribution in [0.4, 0.5) is 0 Å². The predicted octanol–water partition coefficient (Wildman–Crippen LogP) is -1.27. The van der Waals surface area contributed by atoms with Crippen molar-refractivity contribution in [3.8, 4) is 0 Å². The molecule has 4 N–H and O–H groups in total. The molecule has 8 heteroatoms. The van der Waals surface area contributed by atoms with Crippen LogP contribution < -0.4 is 10.6 Å². The number of Topliss-reactive ketones (excluding diaryl/α,β-unsaturated/α-hetero) is 1. The van der Waals surface area contributed by atoms with Crippen LogP contribution in [0.5, 0.6) is 0 Å². The molecule has 2 rings (SSSR count). The molecule has 0 aliphatic carbocycles. The van der Waals surface area contributed by atoms with Gasteiger partial charge in [0.05, 0.1) is 6.04 Å². The highest BCUT2D eigenvalue weighted by atomic mass is 16.5. The second kappa shape index (κ2) is 5.86. The van der Waals surface area contributed by atoms with E-state index in [0.29, 0.717) is 19.4 Å². The number of hydroxylamine groups is 2. The van der Waals surface area contributed by atoms with E-state index in [2.05, 4.69) is 10.6 Å². The number of carboxylic acid groups (broad SMARTS) is 1. The number of amides is 1. The van der Waals surface area contributed by atoms with Crippen molar-refractivity contribution in [2.75, 3.05) is 19.6 Å². The second-order valence-electron chi connectivity index (χ2n) is 5.18. The van der Waals surface area contributed by atoms with E-state index in [9.17, 15) is 19.6 Å². The Hall–Kier alpha value is -1.51. The summed E-state index contributed by atoms with van der Waals surface area (Å²) in [7, 11) is 0. The molecule has 0 aromatic heterocycles. The number of rotatable bonds is 5. The monoisotopic (exact) mass is 285 g/mol. The van der Waals surface area contributed by atoms with Gasteiger partial charge in [0.25, 0.3) is 5.91 Å². The lowest BCUT2D eigenvalue weighted by Crippen LogP contribution is -2.63. The van der Waals surface area contributed by atoms with Crippen LogP contribution >= 0.6 is 0 Å². The minimum absolute atomic E-state index is 0.200. The molecule has 0 spiro atoms. The lowest BCUT2D eigenvalue weighted by atomic mass is 9.86. The SMILES string of the molecule is O=C(O)CNC(=O)[C@]1(C(=O)[C@@H]2CCCN2)CCCN1O. The van der Waals surface area contributed by atoms with Crippen molar-refractivity contribution in [2.45, 2.75) is 37.3 Å². The lowest BCUT2D eigenvalue weighted by Gasteiger charge is -2.33. The lowest BCUT2D eigenvalue weighted by molar-refractivity contribution is -0.178. The number of hydrogen-bond acceptors (Lipinski definition) is 6. The van der Waals surface area contributed by atoms with Gasteiger partial charge in [0, 0.05) is 6.54 Å². The van der Waals surface area contributed by atoms with Gasteiger partial charge in [-0.1, -0.05) is 0 Å². The van der Waals surface area contributed by atoms with E-state index in [1.807, 2.05) is 0 Å². The van der Waals surface area contributed by atoms with Gasteiger partial charge in [0.15, 0.2) is 11.3 Å². The summed E-state index contributed by atoms with van der Waals surface area (Å²) in [4.78, 5) is 35.4. The maximum absolute atomic E-state index is 12.6. The molecule has 2 saturated heterocycles. The van der Waals surface area contributed by atoms with Crippen LogP contribution in [0.2, 0.25) is 0 Å². The van der Waals surface area contributed by atoms with E-state index in [1.54, 1.807) is 0 Å². The van der Waals surface area contributed by atoms with Crippen molar-refractivity contribution in [1.82, 2.24) is 15.7 Å². The molecule has 8 nitrogen and oxygen atoms in total. The molecule has 2 aliphatic rings. The molecule has 1 amide bonds. The molecule has 2 aliphatic heterocycles. The number of carbonyl (C=O) groups is 3. The number of ketones is 1. The number of aliphatic carboxylic acids is 1. The van der Waals surface area contributed by atoms with Gasteiger partial charge in [-0.3, -0.25) is 14.4 Å². The van der Waals surface area contributed by atoms with Gasteiger partial charge in [-0.25, -0.2) is 0 Å². The summed E-state index contributed by atoms with van der Waals surface area (Å²) in [6.45, 7) is 0.355. The first kappa shape index (κ1) is 14.9. The number of nitrogens with one attached hydrogen (secondary N) is 2. The van der Waals surface area contributed by atoms with Crippen LogP contribution in [0.1, 0.15) is 25.7 Å². The van der Waals surface area contributed by atoms with Crippen molar-refractivity contribution in [3.63, 3.8) is 0 Å². The molecule has 0 aromatic carbocycles. The number of hydrogen-bond donors (Lipinski definition) is 4. The summed E-state index contributed by atoms with van der Waals surface area (Å²) in [5, 5.41) is 24.6. The van der Waals surface area contributed by atoms with Gasteiger partial charge in [0.1, 0.15) is 6.54 Å². The fourth-order valence-electron chi connectivity index (χ4n) is 2.90. The van der Waals surface area contributed by atoms with E-state index in [1.165, 1.54) is 0 Å². The molecule has 0 radical (unpaired) electrons. The smallest absolute Gasteiger partial charge is 0.322 e. The topological polar surface area (TPSA) is 119 Å².